The van der Waals surface area contributed by atoms with Gasteiger partial charge in [0, 0.05) is 16.1 Å². The van der Waals surface area contributed by atoms with Gasteiger partial charge in [-0.1, -0.05) is 23.7 Å². The van der Waals surface area contributed by atoms with Gasteiger partial charge in [0.15, 0.2) is 11.6 Å². The van der Waals surface area contributed by atoms with Crippen LogP contribution in [-0.2, 0) is 13.1 Å². The molecule has 5 nitrogen and oxygen atoms in total. The molecule has 2 heterocycles. The maximum Gasteiger partial charge on any atom is 0.159 e. The topological polar surface area (TPSA) is 46.3 Å². The molecule has 1 aromatic heterocycles. The third-order valence-electron chi connectivity index (χ3n) is 4.22. The summed E-state index contributed by atoms with van der Waals surface area (Å²) >= 11 is 6.25. The fraction of sp³-hybridized carbons (Fsp3) is 0.211. The highest BCUT2D eigenvalue weighted by molar-refractivity contribution is 6.31. The molecular weight excluding hydrogens is 353 g/mol. The first-order chi connectivity index (χ1) is 12.5. The average Bonchev–Trinajstić information content (AvgIpc) is 2.91. The first kappa shape index (κ1) is 16.9. The van der Waals surface area contributed by atoms with Gasteiger partial charge in [0.2, 0.25) is 0 Å². The number of fused-ring (bicyclic) bond motifs is 3. The maximum atomic E-state index is 14.5. The fourth-order valence-electron chi connectivity index (χ4n) is 3.13. The van der Waals surface area contributed by atoms with Gasteiger partial charge in [-0.2, -0.15) is 0 Å². The summed E-state index contributed by atoms with van der Waals surface area (Å²) in [7, 11) is 3.95. The van der Waals surface area contributed by atoms with E-state index in [1.165, 1.54) is 6.07 Å². The van der Waals surface area contributed by atoms with E-state index in [0.717, 1.165) is 22.9 Å². The second-order valence-corrected chi connectivity index (χ2v) is 6.85. The zero-order valence-corrected chi connectivity index (χ0v) is 15.2. The molecule has 2 aromatic carbocycles. The summed E-state index contributed by atoms with van der Waals surface area (Å²) in [4.78, 5) is 6.68. The van der Waals surface area contributed by atoms with Crippen LogP contribution in [0.3, 0.4) is 0 Å². The van der Waals surface area contributed by atoms with Gasteiger partial charge in [0.05, 0.1) is 17.9 Å². The van der Waals surface area contributed by atoms with Gasteiger partial charge in [0.25, 0.3) is 0 Å². The lowest BCUT2D eigenvalue weighted by Gasteiger charge is -2.15. The van der Waals surface area contributed by atoms with Crippen molar-refractivity contribution in [1.29, 1.82) is 0 Å². The van der Waals surface area contributed by atoms with E-state index in [0.29, 0.717) is 29.4 Å². The minimum absolute atomic E-state index is 0.316. The largest absolute Gasteiger partial charge is 0.302 e. The van der Waals surface area contributed by atoms with E-state index in [9.17, 15) is 4.39 Å². The van der Waals surface area contributed by atoms with Gasteiger partial charge in [-0.25, -0.2) is 4.39 Å². The Labute approximate surface area is 155 Å². The first-order valence-electron chi connectivity index (χ1n) is 8.22. The second kappa shape index (κ2) is 6.63. The van der Waals surface area contributed by atoms with Crippen molar-refractivity contribution in [2.45, 2.75) is 13.1 Å². The summed E-state index contributed by atoms with van der Waals surface area (Å²) in [5, 5.41) is 9.17. The molecule has 1 aliphatic heterocycles. The summed E-state index contributed by atoms with van der Waals surface area (Å²) < 4.78 is 16.4. The van der Waals surface area contributed by atoms with Crippen LogP contribution < -0.4 is 0 Å². The normalized spacial score (nSPS) is 13.2. The summed E-state index contributed by atoms with van der Waals surface area (Å²) in [5.74, 6) is 1.21. The molecule has 0 bridgehead atoms. The van der Waals surface area contributed by atoms with Gasteiger partial charge in [-0.15, -0.1) is 10.2 Å². The molecular formula is C19H17ClFN5. The lowest BCUT2D eigenvalue weighted by molar-refractivity contribution is 0.387. The number of hydrogen-bond acceptors (Lipinski definition) is 4. The molecule has 0 unspecified atom stereocenters. The molecule has 0 atom stereocenters. The zero-order valence-electron chi connectivity index (χ0n) is 14.4. The van der Waals surface area contributed by atoms with Crippen LogP contribution in [-0.4, -0.2) is 39.5 Å². The van der Waals surface area contributed by atoms with Crippen molar-refractivity contribution in [1.82, 2.24) is 19.7 Å². The monoisotopic (exact) mass is 369 g/mol. The van der Waals surface area contributed by atoms with E-state index in [1.807, 2.05) is 41.8 Å². The van der Waals surface area contributed by atoms with Crippen LogP contribution in [0.2, 0.25) is 5.02 Å². The lowest BCUT2D eigenvalue weighted by atomic mass is 10.00. The fourth-order valence-corrected chi connectivity index (χ4v) is 3.30. The van der Waals surface area contributed by atoms with Gasteiger partial charge >= 0.3 is 0 Å². The Bertz CT molecular complexity index is 1010. The van der Waals surface area contributed by atoms with Gasteiger partial charge in [-0.05, 0) is 44.4 Å². The van der Waals surface area contributed by atoms with E-state index in [-0.39, 0.29) is 5.82 Å². The molecule has 0 saturated heterocycles. The van der Waals surface area contributed by atoms with Crippen LogP contribution in [0.4, 0.5) is 4.39 Å². The van der Waals surface area contributed by atoms with Crippen molar-refractivity contribution in [3.05, 3.63) is 76.1 Å². The minimum Gasteiger partial charge on any atom is -0.302 e. The number of aliphatic imine (C=N–C) groups is 1. The highest BCUT2D eigenvalue weighted by atomic mass is 35.5. The molecule has 0 fully saturated rings. The van der Waals surface area contributed by atoms with Crippen LogP contribution >= 0.6 is 11.6 Å². The number of aromatic nitrogens is 3. The van der Waals surface area contributed by atoms with Crippen LogP contribution in [0.25, 0.3) is 5.69 Å². The predicted molar refractivity (Wildman–Crippen MR) is 99.5 cm³/mol. The van der Waals surface area contributed by atoms with Crippen molar-refractivity contribution in [3.63, 3.8) is 0 Å². The van der Waals surface area contributed by atoms with Crippen molar-refractivity contribution in [3.8, 4) is 5.69 Å². The third kappa shape index (κ3) is 2.91. The van der Waals surface area contributed by atoms with Gasteiger partial charge in [-0.3, -0.25) is 9.56 Å². The average molecular weight is 370 g/mol. The molecule has 7 heteroatoms. The Balaban J connectivity index is 1.95. The van der Waals surface area contributed by atoms with E-state index < -0.39 is 0 Å². The van der Waals surface area contributed by atoms with Crippen LogP contribution in [0, 0.1) is 5.82 Å². The smallest absolute Gasteiger partial charge is 0.159 e. The van der Waals surface area contributed by atoms with Crippen LogP contribution in [0.15, 0.2) is 47.5 Å². The Morgan fingerprint density at radius 2 is 1.92 bits per heavy atom. The molecule has 1 aliphatic rings. The zero-order chi connectivity index (χ0) is 18.3. The van der Waals surface area contributed by atoms with Crippen LogP contribution in [0.1, 0.15) is 22.8 Å². The highest BCUT2D eigenvalue weighted by Crippen LogP contribution is 2.29. The molecule has 3 aromatic rings. The number of nitrogens with zero attached hydrogens (tertiary/aromatic N) is 5. The first-order valence-corrected chi connectivity index (χ1v) is 8.60. The van der Waals surface area contributed by atoms with Crippen molar-refractivity contribution in [2.75, 3.05) is 14.1 Å². The molecule has 0 radical (unpaired) electrons. The van der Waals surface area contributed by atoms with E-state index in [1.54, 1.807) is 18.2 Å². The summed E-state index contributed by atoms with van der Waals surface area (Å²) in [6.45, 7) is 0.945. The van der Waals surface area contributed by atoms with Crippen molar-refractivity contribution in [2.24, 2.45) is 4.99 Å². The van der Waals surface area contributed by atoms with Gasteiger partial charge in [0.1, 0.15) is 12.4 Å². The van der Waals surface area contributed by atoms with E-state index in [2.05, 4.69) is 15.2 Å². The van der Waals surface area contributed by atoms with Crippen LogP contribution in [0.5, 0.6) is 0 Å². The quantitative estimate of drug-likeness (QED) is 0.710. The molecule has 0 N–H and O–H groups in total. The molecule has 0 spiro atoms. The maximum absolute atomic E-state index is 14.5. The van der Waals surface area contributed by atoms with Crippen molar-refractivity contribution < 1.29 is 4.39 Å². The van der Waals surface area contributed by atoms with E-state index in [4.69, 9.17) is 11.6 Å². The van der Waals surface area contributed by atoms with Crippen molar-refractivity contribution >= 4 is 17.3 Å². The molecule has 26 heavy (non-hydrogen) atoms. The number of hydrogen-bond donors (Lipinski definition) is 0. The third-order valence-corrected chi connectivity index (χ3v) is 4.45. The summed E-state index contributed by atoms with van der Waals surface area (Å²) in [6.07, 6.45) is 0. The predicted octanol–water partition coefficient (Wildman–Crippen LogP) is 3.47. The lowest BCUT2D eigenvalue weighted by Crippen LogP contribution is -2.16. The number of halogens is 2. The molecule has 4 rings (SSSR count). The summed E-state index contributed by atoms with van der Waals surface area (Å²) in [5.41, 5.74) is 2.64. The number of rotatable bonds is 3. The SMILES string of the molecule is CN(C)Cc1nnc2n1-c1ccc(Cl)cc1C(c1ccccc1F)=NC2. The minimum atomic E-state index is -0.316. The van der Waals surface area contributed by atoms with E-state index >= 15 is 0 Å². The standard InChI is InChI=1S/C19H17ClFN5/c1-25(2)11-18-24-23-17-10-22-19(13-5-3-4-6-15(13)21)14-9-12(20)7-8-16(14)26(17)18/h3-9H,10-11H2,1-2H3. The Hall–Kier alpha value is -2.57. The number of benzene rings is 2. The van der Waals surface area contributed by atoms with Gasteiger partial charge < -0.3 is 4.90 Å². The summed E-state index contributed by atoms with van der Waals surface area (Å²) in [6, 6.07) is 12.2. The highest BCUT2D eigenvalue weighted by Gasteiger charge is 2.24. The second-order valence-electron chi connectivity index (χ2n) is 6.41. The Morgan fingerprint density at radius 1 is 1.12 bits per heavy atom. The molecule has 132 valence electrons. The Morgan fingerprint density at radius 3 is 2.69 bits per heavy atom. The molecule has 0 saturated carbocycles. The molecule has 0 amide bonds. The Kier molecular flexibility index (Phi) is 4.30. The molecule has 0 aliphatic carbocycles.